The van der Waals surface area contributed by atoms with Gasteiger partial charge < -0.3 is 0 Å². The molecule has 1 aromatic carbocycles. The first-order chi connectivity index (χ1) is 11.9. The quantitative estimate of drug-likeness (QED) is 0.778. The molecular weight excluding hydrogens is 341 g/mol. The normalized spacial score (nSPS) is 17.3. The van der Waals surface area contributed by atoms with Crippen LogP contribution in [0.3, 0.4) is 0 Å². The number of hydrogen-bond donors (Lipinski definition) is 0. The number of nitrogens with zero attached hydrogens (tertiary/aromatic N) is 3. The summed E-state index contributed by atoms with van der Waals surface area (Å²) in [4.78, 5) is 0. The van der Waals surface area contributed by atoms with E-state index in [-0.39, 0.29) is 18.3 Å². The molecule has 0 amide bonds. The lowest BCUT2D eigenvalue weighted by molar-refractivity contribution is 0.320. The lowest BCUT2D eigenvalue weighted by Gasteiger charge is -2.33. The maximum Gasteiger partial charge on any atom is 0.282 e. The summed E-state index contributed by atoms with van der Waals surface area (Å²) >= 11 is 0. The molecule has 1 aliphatic rings. The van der Waals surface area contributed by atoms with Crippen molar-refractivity contribution in [1.82, 2.24) is 8.61 Å². The molecule has 0 aromatic heterocycles. The molecule has 5 nitrogen and oxygen atoms in total. The first-order valence-electron chi connectivity index (χ1n) is 8.46. The van der Waals surface area contributed by atoms with E-state index in [0.29, 0.717) is 32.5 Å². The van der Waals surface area contributed by atoms with Crippen LogP contribution < -0.4 is 0 Å². The van der Waals surface area contributed by atoms with Crippen molar-refractivity contribution in [3.63, 3.8) is 0 Å². The van der Waals surface area contributed by atoms with Gasteiger partial charge in [-0.25, -0.2) is 4.39 Å². The van der Waals surface area contributed by atoms with E-state index in [1.54, 1.807) is 19.9 Å². The van der Waals surface area contributed by atoms with Gasteiger partial charge in [-0.1, -0.05) is 30.7 Å². The third-order valence-electron chi connectivity index (χ3n) is 4.29. The third-order valence-corrected chi connectivity index (χ3v) is 6.36. The SMILES string of the molecule is CCN(CC(C)C#N)S(=O)(=O)N1CCC(=Cc2cccc(F)c2)CC1. The van der Waals surface area contributed by atoms with Crippen LogP contribution in [0.1, 0.15) is 32.3 Å². The smallest absolute Gasteiger partial charge is 0.207 e. The summed E-state index contributed by atoms with van der Waals surface area (Å²) < 4.78 is 41.6. The second kappa shape index (κ2) is 8.56. The van der Waals surface area contributed by atoms with Gasteiger partial charge in [0.2, 0.25) is 0 Å². The Morgan fingerprint density at radius 1 is 1.40 bits per heavy atom. The van der Waals surface area contributed by atoms with Crippen LogP contribution in [0.5, 0.6) is 0 Å². The minimum Gasteiger partial charge on any atom is -0.207 e. The van der Waals surface area contributed by atoms with Crippen LogP contribution in [0.2, 0.25) is 0 Å². The van der Waals surface area contributed by atoms with Gasteiger partial charge >= 0.3 is 0 Å². The molecule has 1 unspecified atom stereocenters. The Balaban J connectivity index is 2.04. The number of nitriles is 1. The van der Waals surface area contributed by atoms with E-state index in [0.717, 1.165) is 11.1 Å². The monoisotopic (exact) mass is 365 g/mol. The molecule has 0 bridgehead atoms. The summed E-state index contributed by atoms with van der Waals surface area (Å²) in [6.45, 7) is 4.85. The zero-order valence-electron chi connectivity index (χ0n) is 14.7. The molecule has 25 heavy (non-hydrogen) atoms. The van der Waals surface area contributed by atoms with Crippen molar-refractivity contribution in [2.45, 2.75) is 26.7 Å². The zero-order chi connectivity index (χ0) is 18.4. The first-order valence-corrected chi connectivity index (χ1v) is 9.86. The zero-order valence-corrected chi connectivity index (χ0v) is 15.5. The maximum absolute atomic E-state index is 13.3. The molecule has 2 rings (SSSR count). The molecule has 1 aliphatic heterocycles. The van der Waals surface area contributed by atoms with Gasteiger partial charge in [0.1, 0.15) is 5.82 Å². The Bertz CT molecular complexity index is 761. The molecule has 1 aromatic rings. The van der Waals surface area contributed by atoms with E-state index in [1.165, 1.54) is 20.7 Å². The van der Waals surface area contributed by atoms with Gasteiger partial charge in [0, 0.05) is 26.2 Å². The van der Waals surface area contributed by atoms with Gasteiger partial charge in [0.25, 0.3) is 10.2 Å². The Kier molecular flexibility index (Phi) is 6.71. The summed E-state index contributed by atoms with van der Waals surface area (Å²) in [6.07, 6.45) is 3.19. The molecule has 0 N–H and O–H groups in total. The van der Waals surface area contributed by atoms with Crippen LogP contribution in [0.25, 0.3) is 6.08 Å². The average Bonchev–Trinajstić information content (AvgIpc) is 2.59. The summed E-state index contributed by atoms with van der Waals surface area (Å²) in [5.41, 5.74) is 1.91. The highest BCUT2D eigenvalue weighted by Gasteiger charge is 2.31. The lowest BCUT2D eigenvalue weighted by atomic mass is 10.0. The van der Waals surface area contributed by atoms with Crippen molar-refractivity contribution < 1.29 is 12.8 Å². The topological polar surface area (TPSA) is 64.4 Å². The molecule has 0 spiro atoms. The standard InChI is InChI=1S/C18H24FN3O2S/c1-3-21(14-15(2)13-20)25(23,24)22-9-7-16(8-10-22)11-17-5-4-6-18(19)12-17/h4-6,11-12,15H,3,7-10,14H2,1-2H3. The van der Waals surface area contributed by atoms with Crippen LogP contribution in [0, 0.1) is 23.1 Å². The second-order valence-corrected chi connectivity index (χ2v) is 8.17. The minimum atomic E-state index is -3.55. The van der Waals surface area contributed by atoms with Gasteiger partial charge in [-0.2, -0.15) is 22.3 Å². The molecule has 7 heteroatoms. The van der Waals surface area contributed by atoms with E-state index >= 15 is 0 Å². The largest absolute Gasteiger partial charge is 0.282 e. The van der Waals surface area contributed by atoms with Gasteiger partial charge in [-0.05, 0) is 37.5 Å². The third kappa shape index (κ3) is 5.11. The van der Waals surface area contributed by atoms with Crippen molar-refractivity contribution in [3.05, 3.63) is 41.2 Å². The predicted molar refractivity (Wildman–Crippen MR) is 96.1 cm³/mol. The van der Waals surface area contributed by atoms with E-state index in [1.807, 2.05) is 12.1 Å². The molecule has 1 heterocycles. The molecule has 1 atom stereocenters. The Morgan fingerprint density at radius 2 is 2.08 bits per heavy atom. The van der Waals surface area contributed by atoms with E-state index in [9.17, 15) is 12.8 Å². The lowest BCUT2D eigenvalue weighted by Crippen LogP contribution is -2.47. The minimum absolute atomic E-state index is 0.206. The average molecular weight is 365 g/mol. The molecular formula is C18H24FN3O2S. The van der Waals surface area contributed by atoms with Crippen LogP contribution in [-0.2, 0) is 10.2 Å². The van der Waals surface area contributed by atoms with E-state index in [4.69, 9.17) is 5.26 Å². The summed E-state index contributed by atoms with van der Waals surface area (Å²) in [5.74, 6) is -0.623. The van der Waals surface area contributed by atoms with Gasteiger partial charge in [-0.3, -0.25) is 0 Å². The van der Waals surface area contributed by atoms with Crippen molar-refractivity contribution in [2.75, 3.05) is 26.2 Å². The fourth-order valence-corrected chi connectivity index (χ4v) is 4.59. The second-order valence-electron chi connectivity index (χ2n) is 6.25. The first kappa shape index (κ1) is 19.6. The highest BCUT2D eigenvalue weighted by atomic mass is 32.2. The summed E-state index contributed by atoms with van der Waals surface area (Å²) in [5, 5.41) is 8.93. The summed E-state index contributed by atoms with van der Waals surface area (Å²) in [6, 6.07) is 8.45. The van der Waals surface area contributed by atoms with Crippen molar-refractivity contribution >= 4 is 16.3 Å². The van der Waals surface area contributed by atoms with Crippen LogP contribution >= 0.6 is 0 Å². The van der Waals surface area contributed by atoms with Crippen LogP contribution in [-0.4, -0.2) is 43.2 Å². The van der Waals surface area contributed by atoms with Gasteiger partial charge in [0.05, 0.1) is 12.0 Å². The number of piperidine rings is 1. The summed E-state index contributed by atoms with van der Waals surface area (Å²) in [7, 11) is -3.55. The fraction of sp³-hybridized carbons (Fsp3) is 0.500. The van der Waals surface area contributed by atoms with Gasteiger partial charge in [0.15, 0.2) is 0 Å². The highest BCUT2D eigenvalue weighted by molar-refractivity contribution is 7.86. The number of hydrogen-bond acceptors (Lipinski definition) is 3. The molecule has 0 radical (unpaired) electrons. The molecule has 1 fully saturated rings. The molecule has 136 valence electrons. The molecule has 1 saturated heterocycles. The number of benzene rings is 1. The Morgan fingerprint density at radius 3 is 2.64 bits per heavy atom. The Hall–Kier alpha value is -1.75. The Labute approximate surface area is 149 Å². The van der Waals surface area contributed by atoms with E-state index in [2.05, 4.69) is 6.07 Å². The molecule has 0 saturated carbocycles. The van der Waals surface area contributed by atoms with Crippen molar-refractivity contribution in [3.8, 4) is 6.07 Å². The van der Waals surface area contributed by atoms with E-state index < -0.39 is 10.2 Å². The van der Waals surface area contributed by atoms with Crippen molar-refractivity contribution in [1.29, 1.82) is 5.26 Å². The highest BCUT2D eigenvalue weighted by Crippen LogP contribution is 2.23. The maximum atomic E-state index is 13.3. The van der Waals surface area contributed by atoms with Crippen LogP contribution in [0.15, 0.2) is 29.8 Å². The molecule has 0 aliphatic carbocycles. The van der Waals surface area contributed by atoms with Crippen molar-refractivity contribution in [2.24, 2.45) is 5.92 Å². The number of halogens is 1. The van der Waals surface area contributed by atoms with Gasteiger partial charge in [-0.15, -0.1) is 0 Å². The number of rotatable bonds is 6. The van der Waals surface area contributed by atoms with Crippen LogP contribution in [0.4, 0.5) is 4.39 Å². The fourth-order valence-electron chi connectivity index (χ4n) is 2.88. The predicted octanol–water partition coefficient (Wildman–Crippen LogP) is 3.03.